The molecule has 0 radical (unpaired) electrons. The van der Waals surface area contributed by atoms with Crippen molar-refractivity contribution in [3.05, 3.63) is 126 Å². The molecule has 44 heavy (non-hydrogen) atoms. The molecule has 0 aliphatic carbocycles. The summed E-state index contributed by atoms with van der Waals surface area (Å²) in [5.41, 5.74) is 4.89. The Kier molecular flexibility index (Phi) is 7.10. The van der Waals surface area contributed by atoms with Gasteiger partial charge in [0.15, 0.2) is 0 Å². The number of carbonyl (C=O) groups excluding carboxylic acids is 3. The van der Waals surface area contributed by atoms with Crippen LogP contribution in [0.25, 0.3) is 10.9 Å². The molecule has 2 N–H and O–H groups in total. The van der Waals surface area contributed by atoms with Crippen molar-refractivity contribution in [2.24, 2.45) is 0 Å². The molecule has 0 saturated carbocycles. The van der Waals surface area contributed by atoms with E-state index in [1.54, 1.807) is 41.3 Å². The average molecular weight is 585 g/mol. The van der Waals surface area contributed by atoms with E-state index in [-0.39, 0.29) is 17.2 Å². The van der Waals surface area contributed by atoms with Crippen LogP contribution in [0.2, 0.25) is 0 Å². The molecule has 1 aromatic heterocycles. The molecule has 3 heterocycles. The van der Waals surface area contributed by atoms with Crippen LogP contribution in [0.5, 0.6) is 5.75 Å². The Morgan fingerprint density at radius 1 is 0.909 bits per heavy atom. The fraction of sp³-hybridized carbons (Fsp3) is 0.194. The van der Waals surface area contributed by atoms with E-state index in [0.717, 1.165) is 46.3 Å². The third kappa shape index (κ3) is 4.68. The maximum Gasteiger partial charge on any atom is 0.332 e. The van der Waals surface area contributed by atoms with Gasteiger partial charge >= 0.3 is 6.03 Å². The molecule has 8 heteroatoms. The van der Waals surface area contributed by atoms with Gasteiger partial charge in [-0.2, -0.15) is 0 Å². The van der Waals surface area contributed by atoms with Gasteiger partial charge < -0.3 is 15.0 Å². The molecule has 7 rings (SSSR count). The molecule has 2 atom stereocenters. The molecular weight excluding hydrogens is 552 g/mol. The number of hydrogen-bond acceptors (Lipinski definition) is 4. The number of fused-ring (bicyclic) bond motifs is 4. The van der Waals surface area contributed by atoms with Gasteiger partial charge in [0.2, 0.25) is 0 Å². The Labute approximate surface area is 255 Å². The van der Waals surface area contributed by atoms with E-state index in [1.165, 1.54) is 4.90 Å². The third-order valence-corrected chi connectivity index (χ3v) is 8.43. The minimum atomic E-state index is -0.712. The number of H-pyrrole nitrogens is 1. The lowest BCUT2D eigenvalue weighted by Crippen LogP contribution is -2.44. The number of aromatic nitrogens is 1. The number of nitrogens with zero attached hydrogens (tertiary/aromatic N) is 2. The lowest BCUT2D eigenvalue weighted by Gasteiger charge is -2.36. The van der Waals surface area contributed by atoms with Gasteiger partial charge in [0.25, 0.3) is 11.8 Å². The zero-order chi connectivity index (χ0) is 30.2. The van der Waals surface area contributed by atoms with Crippen LogP contribution in [0.3, 0.4) is 0 Å². The topological polar surface area (TPSA) is 94.7 Å². The second-order valence-electron chi connectivity index (χ2n) is 11.2. The molecule has 0 bridgehead atoms. The fourth-order valence-electron chi connectivity index (χ4n) is 6.31. The number of benzene rings is 4. The number of unbranched alkanes of at least 4 members (excludes halogenated alkanes) is 1. The molecule has 2 aliphatic rings. The molecule has 8 nitrogen and oxygen atoms in total. The molecule has 4 amide bonds. The second kappa shape index (κ2) is 11.4. The number of nitrogens with one attached hydrogen (secondary N) is 2. The van der Waals surface area contributed by atoms with Crippen molar-refractivity contribution in [3.8, 4) is 5.75 Å². The number of ether oxygens (including phenoxy) is 1. The summed E-state index contributed by atoms with van der Waals surface area (Å²) in [4.78, 5) is 48.5. The minimum absolute atomic E-state index is 0.234. The first-order chi connectivity index (χ1) is 21.5. The zero-order valence-electron chi connectivity index (χ0n) is 24.3. The molecule has 5 aromatic rings. The number of urea groups is 1. The molecule has 0 spiro atoms. The van der Waals surface area contributed by atoms with E-state index < -0.39 is 24.0 Å². The van der Waals surface area contributed by atoms with E-state index in [0.29, 0.717) is 18.7 Å². The van der Waals surface area contributed by atoms with E-state index in [2.05, 4.69) is 17.2 Å². The van der Waals surface area contributed by atoms with E-state index >= 15 is 0 Å². The highest BCUT2D eigenvalue weighted by Crippen LogP contribution is 2.45. The van der Waals surface area contributed by atoms with E-state index in [9.17, 15) is 14.4 Å². The molecule has 2 aliphatic heterocycles. The van der Waals surface area contributed by atoms with Crippen LogP contribution in [0, 0.1) is 0 Å². The summed E-state index contributed by atoms with van der Waals surface area (Å²) in [6.45, 7) is 2.74. The minimum Gasteiger partial charge on any atom is -0.494 e. The number of aromatic amines is 1. The van der Waals surface area contributed by atoms with Crippen molar-refractivity contribution in [2.45, 2.75) is 38.3 Å². The van der Waals surface area contributed by atoms with Gasteiger partial charge in [0.05, 0.1) is 17.9 Å². The summed E-state index contributed by atoms with van der Waals surface area (Å²) in [6.07, 6.45) is 2.39. The number of hydrogen-bond donors (Lipinski definition) is 2. The van der Waals surface area contributed by atoms with Gasteiger partial charge in [0.1, 0.15) is 17.8 Å². The normalized spacial score (nSPS) is 17.5. The van der Waals surface area contributed by atoms with Crippen LogP contribution in [0.1, 0.15) is 53.0 Å². The first kappa shape index (κ1) is 27.5. The predicted octanol–water partition coefficient (Wildman–Crippen LogP) is 7.08. The quantitative estimate of drug-likeness (QED) is 0.151. The molecule has 4 aromatic carbocycles. The van der Waals surface area contributed by atoms with Gasteiger partial charge in [-0.3, -0.25) is 14.5 Å². The van der Waals surface area contributed by atoms with Crippen molar-refractivity contribution in [1.82, 2.24) is 9.88 Å². The van der Waals surface area contributed by atoms with Crippen LogP contribution in [0.4, 0.5) is 16.2 Å². The fourth-order valence-corrected chi connectivity index (χ4v) is 6.31. The molecular formula is C36H32N4O4. The Bertz CT molecular complexity index is 1860. The Morgan fingerprint density at radius 2 is 1.64 bits per heavy atom. The lowest BCUT2D eigenvalue weighted by atomic mass is 9.89. The monoisotopic (exact) mass is 584 g/mol. The summed E-state index contributed by atoms with van der Waals surface area (Å²) in [5, 5.41) is 3.96. The van der Waals surface area contributed by atoms with Gasteiger partial charge in [-0.25, -0.2) is 9.69 Å². The van der Waals surface area contributed by atoms with Crippen LogP contribution in [-0.2, 0) is 11.2 Å². The van der Waals surface area contributed by atoms with Crippen LogP contribution in [-0.4, -0.2) is 40.4 Å². The first-order valence-corrected chi connectivity index (χ1v) is 15.0. The van der Waals surface area contributed by atoms with Gasteiger partial charge in [-0.15, -0.1) is 0 Å². The maximum atomic E-state index is 14.3. The zero-order valence-corrected chi connectivity index (χ0v) is 24.3. The Morgan fingerprint density at radius 3 is 2.43 bits per heavy atom. The molecule has 0 unspecified atom stereocenters. The number of carbonyl (C=O) groups is 3. The number of amides is 4. The third-order valence-electron chi connectivity index (χ3n) is 8.43. The number of para-hydroxylation sites is 2. The highest BCUT2D eigenvalue weighted by Gasteiger charge is 2.53. The standard InChI is InChI=1S/C36H32N4O4/c1-2-3-21-44-25-19-17-24(18-20-25)37-34(41)27-14-8-10-16-30(27)40-35(42)31-22-28-26-13-7-9-15-29(26)38-32(28)33(39(31)36(40)43)23-11-5-4-6-12-23/h4-20,31,33,38H,2-3,21-22H2,1H3,(H,37,41)/t31-,33-/m0/s1. The number of imide groups is 1. The molecule has 220 valence electrons. The van der Waals surface area contributed by atoms with Crippen molar-refractivity contribution in [3.63, 3.8) is 0 Å². The summed E-state index contributed by atoms with van der Waals surface area (Å²) >= 11 is 0. The molecule has 1 fully saturated rings. The highest BCUT2D eigenvalue weighted by atomic mass is 16.5. The summed E-state index contributed by atoms with van der Waals surface area (Å²) in [5.74, 6) is -0.0328. The number of anilines is 2. The van der Waals surface area contributed by atoms with E-state index in [4.69, 9.17) is 4.74 Å². The molecule has 1 saturated heterocycles. The van der Waals surface area contributed by atoms with Gasteiger partial charge in [0, 0.05) is 28.7 Å². The Hall–Kier alpha value is -5.37. The summed E-state index contributed by atoms with van der Waals surface area (Å²) < 4.78 is 5.73. The Balaban J connectivity index is 1.22. The smallest absolute Gasteiger partial charge is 0.332 e. The maximum absolute atomic E-state index is 14.3. The first-order valence-electron chi connectivity index (χ1n) is 15.0. The van der Waals surface area contributed by atoms with Gasteiger partial charge in [-0.1, -0.05) is 74.0 Å². The average Bonchev–Trinajstić information content (AvgIpc) is 3.55. The van der Waals surface area contributed by atoms with Gasteiger partial charge in [-0.05, 0) is 60.0 Å². The van der Waals surface area contributed by atoms with Crippen molar-refractivity contribution >= 4 is 40.1 Å². The van der Waals surface area contributed by atoms with Crippen LogP contribution < -0.4 is 15.0 Å². The van der Waals surface area contributed by atoms with Crippen molar-refractivity contribution in [1.29, 1.82) is 0 Å². The largest absolute Gasteiger partial charge is 0.494 e. The van der Waals surface area contributed by atoms with Crippen LogP contribution >= 0.6 is 0 Å². The highest BCUT2D eigenvalue weighted by molar-refractivity contribution is 6.24. The SMILES string of the molecule is CCCCOc1ccc(NC(=O)c2ccccc2N2C(=O)[C@@H]3Cc4c([nH]c5ccccc45)[C@H](c4ccccc4)N3C2=O)cc1. The number of rotatable bonds is 8. The van der Waals surface area contributed by atoms with Crippen LogP contribution in [0.15, 0.2) is 103 Å². The van der Waals surface area contributed by atoms with Crippen molar-refractivity contribution in [2.75, 3.05) is 16.8 Å². The van der Waals surface area contributed by atoms with Crippen molar-refractivity contribution < 1.29 is 19.1 Å². The lowest BCUT2D eigenvalue weighted by molar-refractivity contribution is -0.120. The van der Waals surface area contributed by atoms with E-state index in [1.807, 2.05) is 66.7 Å². The predicted molar refractivity (Wildman–Crippen MR) is 170 cm³/mol. The summed E-state index contributed by atoms with van der Waals surface area (Å²) in [7, 11) is 0. The summed E-state index contributed by atoms with van der Waals surface area (Å²) in [6, 6.07) is 30.0. The second-order valence-corrected chi connectivity index (χ2v) is 11.2.